The molecule has 0 spiro atoms. The second kappa shape index (κ2) is 5.46. The van der Waals surface area contributed by atoms with E-state index in [1.807, 2.05) is 22.6 Å². The molecule has 2 aromatic carbocycles. The molecule has 1 unspecified atom stereocenters. The van der Waals surface area contributed by atoms with Gasteiger partial charge in [-0.15, -0.1) is 0 Å². The number of rotatable bonds is 2. The normalized spacial score (nSPS) is 12.5. The molecule has 1 nitrogen and oxygen atoms in total. The van der Waals surface area contributed by atoms with Gasteiger partial charge in [-0.25, -0.2) is 17.6 Å². The summed E-state index contributed by atoms with van der Waals surface area (Å²) in [7, 11) is 0. The Labute approximate surface area is 120 Å². The lowest BCUT2D eigenvalue weighted by Gasteiger charge is -2.15. The van der Waals surface area contributed by atoms with Crippen LogP contribution in [-0.4, -0.2) is 0 Å². The van der Waals surface area contributed by atoms with Crippen LogP contribution >= 0.6 is 22.6 Å². The lowest BCUT2D eigenvalue weighted by atomic mass is 9.99. The van der Waals surface area contributed by atoms with Crippen LogP contribution in [0.2, 0.25) is 0 Å². The maximum atomic E-state index is 13.6. The van der Waals surface area contributed by atoms with E-state index >= 15 is 0 Å². The van der Waals surface area contributed by atoms with Crippen molar-refractivity contribution in [3.8, 4) is 0 Å². The zero-order chi connectivity index (χ0) is 14.2. The molecule has 19 heavy (non-hydrogen) atoms. The van der Waals surface area contributed by atoms with Crippen LogP contribution in [-0.2, 0) is 0 Å². The first-order valence-corrected chi connectivity index (χ1v) is 6.33. The molecule has 6 heteroatoms. The molecule has 0 aliphatic rings. The van der Waals surface area contributed by atoms with Crippen molar-refractivity contribution in [2.75, 3.05) is 0 Å². The van der Waals surface area contributed by atoms with Gasteiger partial charge in [0.05, 0.1) is 6.04 Å². The standard InChI is InChI=1S/C13H8F4IN/c14-6-1-2-7(12(18)3-6)13(19)8-4-10(16)11(17)5-9(8)15/h1-5,13H,19H2. The highest BCUT2D eigenvalue weighted by atomic mass is 127. The van der Waals surface area contributed by atoms with Crippen LogP contribution < -0.4 is 5.73 Å². The van der Waals surface area contributed by atoms with E-state index in [9.17, 15) is 17.6 Å². The third-order valence-electron chi connectivity index (χ3n) is 2.67. The quantitative estimate of drug-likeness (QED) is 0.477. The average molecular weight is 381 g/mol. The van der Waals surface area contributed by atoms with Crippen LogP contribution in [0.3, 0.4) is 0 Å². The van der Waals surface area contributed by atoms with Gasteiger partial charge in [-0.3, -0.25) is 0 Å². The minimum Gasteiger partial charge on any atom is -0.320 e. The van der Waals surface area contributed by atoms with E-state index in [4.69, 9.17) is 5.73 Å². The zero-order valence-electron chi connectivity index (χ0n) is 9.43. The number of hydrogen-bond acceptors (Lipinski definition) is 1. The van der Waals surface area contributed by atoms with Crippen molar-refractivity contribution in [2.45, 2.75) is 6.04 Å². The van der Waals surface area contributed by atoms with Crippen LogP contribution in [0, 0.1) is 26.8 Å². The largest absolute Gasteiger partial charge is 0.320 e. The van der Waals surface area contributed by atoms with Gasteiger partial charge < -0.3 is 5.73 Å². The Kier molecular flexibility index (Phi) is 4.10. The Balaban J connectivity index is 2.49. The topological polar surface area (TPSA) is 26.0 Å². The van der Waals surface area contributed by atoms with Crippen LogP contribution in [0.4, 0.5) is 17.6 Å². The molecule has 0 bridgehead atoms. The number of benzene rings is 2. The molecule has 0 aromatic heterocycles. The first-order valence-electron chi connectivity index (χ1n) is 5.25. The molecule has 100 valence electrons. The van der Waals surface area contributed by atoms with E-state index in [-0.39, 0.29) is 5.56 Å². The predicted molar refractivity (Wildman–Crippen MR) is 71.5 cm³/mol. The van der Waals surface area contributed by atoms with Crippen molar-refractivity contribution in [2.24, 2.45) is 5.73 Å². The molecule has 2 N–H and O–H groups in total. The fourth-order valence-corrected chi connectivity index (χ4v) is 2.51. The summed E-state index contributed by atoms with van der Waals surface area (Å²) in [5.41, 5.74) is 6.09. The van der Waals surface area contributed by atoms with Crippen molar-refractivity contribution in [3.63, 3.8) is 0 Å². The summed E-state index contributed by atoms with van der Waals surface area (Å²) in [4.78, 5) is 0. The summed E-state index contributed by atoms with van der Waals surface area (Å²) in [6.45, 7) is 0. The summed E-state index contributed by atoms with van der Waals surface area (Å²) in [5.74, 6) is -3.84. The van der Waals surface area contributed by atoms with Gasteiger partial charge in [0.15, 0.2) is 11.6 Å². The van der Waals surface area contributed by atoms with Crippen molar-refractivity contribution < 1.29 is 17.6 Å². The molecule has 2 rings (SSSR count). The Morgan fingerprint density at radius 2 is 1.47 bits per heavy atom. The maximum absolute atomic E-state index is 13.6. The van der Waals surface area contributed by atoms with Gasteiger partial charge in [0.25, 0.3) is 0 Å². The molecule has 0 saturated heterocycles. The summed E-state index contributed by atoms with van der Waals surface area (Å²) >= 11 is 1.84. The Hall–Kier alpha value is -1.15. The van der Waals surface area contributed by atoms with Gasteiger partial charge in [-0.05, 0) is 46.4 Å². The lowest BCUT2D eigenvalue weighted by Crippen LogP contribution is -2.16. The van der Waals surface area contributed by atoms with Gasteiger partial charge in [-0.2, -0.15) is 0 Å². The molecule has 0 aliphatic carbocycles. The third kappa shape index (κ3) is 2.89. The highest BCUT2D eigenvalue weighted by Crippen LogP contribution is 2.27. The fourth-order valence-electron chi connectivity index (χ4n) is 1.70. The van der Waals surface area contributed by atoms with Crippen LogP contribution in [0.25, 0.3) is 0 Å². The minimum absolute atomic E-state index is 0.177. The van der Waals surface area contributed by atoms with Gasteiger partial charge in [0.2, 0.25) is 0 Å². The summed E-state index contributed by atoms with van der Waals surface area (Å²) < 4.78 is 53.1. The van der Waals surface area contributed by atoms with Crippen molar-refractivity contribution >= 4 is 22.6 Å². The van der Waals surface area contributed by atoms with E-state index in [0.717, 1.165) is 6.07 Å². The first kappa shape index (κ1) is 14.3. The molecule has 0 heterocycles. The summed E-state index contributed by atoms with van der Waals surface area (Å²) in [6, 6.07) is 3.96. The van der Waals surface area contributed by atoms with Gasteiger partial charge in [0.1, 0.15) is 11.6 Å². The van der Waals surface area contributed by atoms with Gasteiger partial charge in [-0.1, -0.05) is 6.07 Å². The lowest BCUT2D eigenvalue weighted by molar-refractivity contribution is 0.487. The van der Waals surface area contributed by atoms with E-state index < -0.39 is 29.3 Å². The molecule has 0 aliphatic heterocycles. The van der Waals surface area contributed by atoms with E-state index in [1.54, 1.807) is 0 Å². The smallest absolute Gasteiger partial charge is 0.161 e. The van der Waals surface area contributed by atoms with Crippen molar-refractivity contribution in [3.05, 3.63) is 68.3 Å². The number of halogens is 5. The third-order valence-corrected chi connectivity index (χ3v) is 3.61. The van der Waals surface area contributed by atoms with Gasteiger partial charge in [0, 0.05) is 15.2 Å². The predicted octanol–water partition coefficient (Wildman–Crippen LogP) is 3.90. The molecule has 1 atom stereocenters. The molecule has 0 amide bonds. The van der Waals surface area contributed by atoms with Crippen molar-refractivity contribution in [1.29, 1.82) is 0 Å². The Morgan fingerprint density at radius 3 is 2.11 bits per heavy atom. The maximum Gasteiger partial charge on any atom is 0.161 e. The number of hydrogen-bond donors (Lipinski definition) is 1. The summed E-state index contributed by atoms with van der Waals surface area (Å²) in [6.07, 6.45) is 0. The minimum atomic E-state index is -1.28. The van der Waals surface area contributed by atoms with E-state index in [2.05, 4.69) is 0 Å². The molecular formula is C13H8F4IN. The van der Waals surface area contributed by atoms with Crippen LogP contribution in [0.1, 0.15) is 17.2 Å². The van der Waals surface area contributed by atoms with E-state index in [1.165, 1.54) is 18.2 Å². The van der Waals surface area contributed by atoms with Crippen molar-refractivity contribution in [1.82, 2.24) is 0 Å². The first-order chi connectivity index (χ1) is 8.90. The van der Waals surface area contributed by atoms with Crippen LogP contribution in [0.15, 0.2) is 30.3 Å². The van der Waals surface area contributed by atoms with Crippen LogP contribution in [0.5, 0.6) is 0 Å². The Bertz CT molecular complexity index is 630. The molecule has 0 fully saturated rings. The highest BCUT2D eigenvalue weighted by Gasteiger charge is 2.19. The average Bonchev–Trinajstić information content (AvgIpc) is 2.33. The van der Waals surface area contributed by atoms with Gasteiger partial charge >= 0.3 is 0 Å². The second-order valence-electron chi connectivity index (χ2n) is 3.93. The number of nitrogens with two attached hydrogens (primary N) is 1. The summed E-state index contributed by atoms with van der Waals surface area (Å²) in [5, 5.41) is 0. The molecule has 0 radical (unpaired) electrons. The molecule has 0 saturated carbocycles. The highest BCUT2D eigenvalue weighted by molar-refractivity contribution is 14.1. The van der Waals surface area contributed by atoms with E-state index in [0.29, 0.717) is 15.2 Å². The molecule has 2 aromatic rings. The zero-order valence-corrected chi connectivity index (χ0v) is 11.6. The fraction of sp³-hybridized carbons (Fsp3) is 0.0769. The SMILES string of the molecule is NC(c1cc(F)c(F)cc1F)c1ccc(F)cc1I. The Morgan fingerprint density at radius 1 is 0.842 bits per heavy atom. The molecular weight excluding hydrogens is 373 g/mol. The monoisotopic (exact) mass is 381 g/mol. The second-order valence-corrected chi connectivity index (χ2v) is 5.09.